The summed E-state index contributed by atoms with van der Waals surface area (Å²) in [6.45, 7) is 0. The monoisotopic (exact) mass is 220 g/mol. The van der Waals surface area contributed by atoms with Gasteiger partial charge in [-0.05, 0) is 31.4 Å². The molecule has 0 amide bonds. The van der Waals surface area contributed by atoms with E-state index in [-0.39, 0.29) is 5.54 Å². The van der Waals surface area contributed by atoms with E-state index < -0.39 is 0 Å². The number of furan rings is 1. The second-order valence-electron chi connectivity index (χ2n) is 4.02. The van der Waals surface area contributed by atoms with Crippen molar-refractivity contribution >= 4 is 11.3 Å². The first-order valence-corrected chi connectivity index (χ1v) is 5.95. The number of thiazole rings is 1. The van der Waals surface area contributed by atoms with Crippen LogP contribution < -0.4 is 5.73 Å². The van der Waals surface area contributed by atoms with Crippen molar-refractivity contribution in [2.75, 3.05) is 0 Å². The summed E-state index contributed by atoms with van der Waals surface area (Å²) in [5, 5.41) is 3.06. The molecule has 2 heterocycles. The molecule has 0 unspecified atom stereocenters. The highest BCUT2D eigenvalue weighted by Crippen LogP contribution is 2.41. The van der Waals surface area contributed by atoms with Gasteiger partial charge in [-0.1, -0.05) is 0 Å². The number of nitrogens with two attached hydrogens (primary N) is 1. The molecule has 3 rings (SSSR count). The Bertz CT molecular complexity index is 457. The van der Waals surface area contributed by atoms with Gasteiger partial charge in [0.25, 0.3) is 0 Å². The van der Waals surface area contributed by atoms with Crippen molar-refractivity contribution in [2.45, 2.75) is 24.8 Å². The van der Waals surface area contributed by atoms with E-state index in [1.54, 1.807) is 17.6 Å². The van der Waals surface area contributed by atoms with Crippen molar-refractivity contribution < 1.29 is 4.42 Å². The van der Waals surface area contributed by atoms with Crippen LogP contribution in [0.25, 0.3) is 11.5 Å². The summed E-state index contributed by atoms with van der Waals surface area (Å²) in [7, 11) is 0. The van der Waals surface area contributed by atoms with Crippen LogP contribution in [0.3, 0.4) is 0 Å². The third-order valence-corrected chi connectivity index (χ3v) is 4.01. The molecular formula is C11H12N2OS. The zero-order chi connectivity index (χ0) is 10.3. The minimum atomic E-state index is -0.157. The predicted molar refractivity (Wildman–Crippen MR) is 59.5 cm³/mol. The van der Waals surface area contributed by atoms with Gasteiger partial charge < -0.3 is 10.2 Å². The molecule has 0 bridgehead atoms. The molecule has 0 saturated heterocycles. The van der Waals surface area contributed by atoms with Gasteiger partial charge in [-0.25, -0.2) is 4.98 Å². The van der Waals surface area contributed by atoms with E-state index in [0.717, 1.165) is 29.3 Å². The van der Waals surface area contributed by atoms with Gasteiger partial charge in [0.1, 0.15) is 10.7 Å². The smallest absolute Gasteiger partial charge is 0.153 e. The molecule has 0 spiro atoms. The summed E-state index contributed by atoms with van der Waals surface area (Å²) < 4.78 is 5.30. The maximum absolute atomic E-state index is 6.21. The third-order valence-electron chi connectivity index (χ3n) is 2.95. The van der Waals surface area contributed by atoms with Gasteiger partial charge in [0, 0.05) is 5.38 Å². The van der Waals surface area contributed by atoms with Gasteiger partial charge in [-0.2, -0.15) is 0 Å². The lowest BCUT2D eigenvalue weighted by molar-refractivity contribution is 0.253. The fraction of sp³-hybridized carbons (Fsp3) is 0.364. The van der Waals surface area contributed by atoms with Gasteiger partial charge in [0.15, 0.2) is 5.76 Å². The van der Waals surface area contributed by atoms with E-state index in [4.69, 9.17) is 10.2 Å². The molecule has 3 nitrogen and oxygen atoms in total. The van der Waals surface area contributed by atoms with Crippen molar-refractivity contribution in [3.8, 4) is 11.5 Å². The van der Waals surface area contributed by atoms with Gasteiger partial charge in [-0.15, -0.1) is 11.3 Å². The molecule has 0 atom stereocenters. The molecule has 2 aromatic heterocycles. The molecule has 1 aliphatic rings. The van der Waals surface area contributed by atoms with Gasteiger partial charge in [0.2, 0.25) is 0 Å². The summed E-state index contributed by atoms with van der Waals surface area (Å²) in [6.07, 6.45) is 4.98. The number of rotatable bonds is 2. The molecule has 1 aliphatic carbocycles. The Morgan fingerprint density at radius 1 is 1.47 bits per heavy atom. The van der Waals surface area contributed by atoms with E-state index in [9.17, 15) is 0 Å². The predicted octanol–water partition coefficient (Wildman–Crippen LogP) is 2.74. The van der Waals surface area contributed by atoms with E-state index in [1.807, 2.05) is 17.5 Å². The number of aromatic nitrogens is 1. The number of hydrogen-bond acceptors (Lipinski definition) is 4. The maximum atomic E-state index is 6.21. The highest BCUT2D eigenvalue weighted by atomic mass is 32.1. The van der Waals surface area contributed by atoms with E-state index in [2.05, 4.69) is 4.98 Å². The maximum Gasteiger partial charge on any atom is 0.153 e. The lowest BCUT2D eigenvalue weighted by atomic mass is 9.78. The first kappa shape index (κ1) is 9.12. The largest absolute Gasteiger partial charge is 0.463 e. The number of nitrogens with zero attached hydrogens (tertiary/aromatic N) is 1. The molecule has 78 valence electrons. The minimum absolute atomic E-state index is 0.157. The highest BCUT2D eigenvalue weighted by Gasteiger charge is 2.37. The van der Waals surface area contributed by atoms with Crippen LogP contribution in [0.5, 0.6) is 0 Å². The second kappa shape index (κ2) is 3.18. The van der Waals surface area contributed by atoms with E-state index in [0.29, 0.717) is 0 Å². The van der Waals surface area contributed by atoms with Crippen LogP contribution in [-0.4, -0.2) is 4.98 Å². The van der Waals surface area contributed by atoms with E-state index >= 15 is 0 Å². The Kier molecular flexibility index (Phi) is 1.94. The molecule has 15 heavy (non-hydrogen) atoms. The Labute approximate surface area is 91.9 Å². The van der Waals surface area contributed by atoms with Crippen LogP contribution in [0.2, 0.25) is 0 Å². The van der Waals surface area contributed by atoms with E-state index in [1.165, 1.54) is 6.42 Å². The molecule has 1 fully saturated rings. The molecule has 1 saturated carbocycles. The summed E-state index contributed by atoms with van der Waals surface area (Å²) in [5.41, 5.74) is 6.95. The molecule has 0 aromatic carbocycles. The highest BCUT2D eigenvalue weighted by molar-refractivity contribution is 7.10. The standard InChI is InChI=1S/C11H12N2OS/c12-11(4-2-5-11)10-13-8(7-15-10)9-3-1-6-14-9/h1,3,6-7H,2,4-5,12H2. The SMILES string of the molecule is NC1(c2nc(-c3ccco3)cs2)CCC1. The van der Waals surface area contributed by atoms with Crippen molar-refractivity contribution in [1.82, 2.24) is 4.98 Å². The van der Waals surface area contributed by atoms with Crippen molar-refractivity contribution in [3.05, 3.63) is 28.8 Å². The zero-order valence-electron chi connectivity index (χ0n) is 8.27. The molecule has 2 aromatic rings. The summed E-state index contributed by atoms with van der Waals surface area (Å²) >= 11 is 1.63. The third kappa shape index (κ3) is 1.41. The molecule has 0 radical (unpaired) electrons. The summed E-state index contributed by atoms with van der Waals surface area (Å²) in [4.78, 5) is 4.55. The average molecular weight is 220 g/mol. The van der Waals surface area contributed by atoms with Gasteiger partial charge in [0.05, 0.1) is 11.8 Å². The summed E-state index contributed by atoms with van der Waals surface area (Å²) in [5.74, 6) is 0.820. The van der Waals surface area contributed by atoms with Crippen molar-refractivity contribution in [2.24, 2.45) is 5.73 Å². The van der Waals surface area contributed by atoms with Crippen molar-refractivity contribution in [3.63, 3.8) is 0 Å². The minimum Gasteiger partial charge on any atom is -0.463 e. The quantitative estimate of drug-likeness (QED) is 0.846. The lowest BCUT2D eigenvalue weighted by Crippen LogP contribution is -2.43. The Hall–Kier alpha value is -1.13. The van der Waals surface area contributed by atoms with Crippen LogP contribution in [-0.2, 0) is 5.54 Å². The lowest BCUT2D eigenvalue weighted by Gasteiger charge is -2.35. The molecule has 0 aliphatic heterocycles. The van der Waals surface area contributed by atoms with Crippen LogP contribution in [0.1, 0.15) is 24.3 Å². The average Bonchev–Trinajstić information content (AvgIpc) is 2.84. The summed E-state index contributed by atoms with van der Waals surface area (Å²) in [6, 6.07) is 3.79. The van der Waals surface area contributed by atoms with Crippen molar-refractivity contribution in [1.29, 1.82) is 0 Å². The normalized spacial score (nSPS) is 18.7. The Balaban J connectivity index is 1.94. The first-order chi connectivity index (χ1) is 7.28. The molecule has 2 N–H and O–H groups in total. The Morgan fingerprint density at radius 2 is 2.33 bits per heavy atom. The van der Waals surface area contributed by atoms with Crippen LogP contribution in [0.15, 0.2) is 28.2 Å². The van der Waals surface area contributed by atoms with Crippen LogP contribution in [0.4, 0.5) is 0 Å². The Morgan fingerprint density at radius 3 is 2.93 bits per heavy atom. The number of hydrogen-bond donors (Lipinski definition) is 1. The topological polar surface area (TPSA) is 52.0 Å². The van der Waals surface area contributed by atoms with Gasteiger partial charge in [-0.3, -0.25) is 0 Å². The fourth-order valence-corrected chi connectivity index (χ4v) is 2.79. The molecular weight excluding hydrogens is 208 g/mol. The fourth-order valence-electron chi connectivity index (χ4n) is 1.81. The first-order valence-electron chi connectivity index (χ1n) is 5.07. The molecule has 4 heteroatoms. The van der Waals surface area contributed by atoms with Crippen LogP contribution >= 0.6 is 11.3 Å². The van der Waals surface area contributed by atoms with Crippen LogP contribution in [0, 0.1) is 0 Å². The van der Waals surface area contributed by atoms with Gasteiger partial charge >= 0.3 is 0 Å². The second-order valence-corrected chi connectivity index (χ2v) is 4.88. The zero-order valence-corrected chi connectivity index (χ0v) is 9.09.